The number of hydrogen-bond acceptors (Lipinski definition) is 8. The summed E-state index contributed by atoms with van der Waals surface area (Å²) in [6.45, 7) is -0.0465. The number of carbonyl (C=O) groups is 3. The average molecular weight is 529 g/mol. The number of para-hydroxylation sites is 1. The highest BCUT2D eigenvalue weighted by atomic mass is 79.9. The fourth-order valence-corrected chi connectivity index (χ4v) is 2.30. The van der Waals surface area contributed by atoms with E-state index < -0.39 is 35.4 Å². The number of carbonyl (C=O) groups excluding carboxylic acids is 1. The largest absolute Gasteiger partial charge is 0.507 e. The zero-order valence-electron chi connectivity index (χ0n) is 19.0. The number of aromatic hydroxyl groups is 1. The molecule has 184 valence electrons. The first-order valence-corrected chi connectivity index (χ1v) is 9.07. The zero-order valence-corrected chi connectivity index (χ0v) is 20.7. The van der Waals surface area contributed by atoms with E-state index >= 15 is 0 Å². The molecule has 1 unspecified atom stereocenters. The third kappa shape index (κ3) is 12.5. The number of likely N-dealkylation sites (N-methyl/N-ethyl adjacent to an activating group) is 1. The number of phenols is 1. The van der Waals surface area contributed by atoms with Crippen LogP contribution >= 0.6 is 17.0 Å². The van der Waals surface area contributed by atoms with Crippen LogP contribution in [0.2, 0.25) is 0 Å². The smallest absolute Gasteiger partial charge is 0.359 e. The molecule has 0 fully saturated rings. The Kier molecular flexibility index (Phi) is 14.7. The van der Waals surface area contributed by atoms with Crippen molar-refractivity contribution in [3.63, 3.8) is 0 Å². The number of halogens is 1. The van der Waals surface area contributed by atoms with E-state index in [0.717, 1.165) is 0 Å². The van der Waals surface area contributed by atoms with Crippen molar-refractivity contribution < 1.29 is 58.4 Å². The van der Waals surface area contributed by atoms with Gasteiger partial charge in [-0.15, -0.1) is 31.5 Å². The number of aliphatic carboxylic acids is 2. The number of carboxylic acid groups (broad SMARTS) is 2. The highest BCUT2D eigenvalue weighted by Crippen LogP contribution is 2.20. The number of phenolic OH excluding ortho intramolecular Hbond substituents is 1. The first kappa shape index (κ1) is 31.9. The molecule has 0 radical (unpaired) electrons. The number of benzene rings is 1. The van der Waals surface area contributed by atoms with E-state index in [2.05, 4.69) is 0 Å². The molecule has 1 aromatic rings. The highest BCUT2D eigenvalue weighted by molar-refractivity contribution is 8.93. The molecule has 0 aliphatic heterocycles. The van der Waals surface area contributed by atoms with Gasteiger partial charge in [0.2, 0.25) is 6.54 Å². The summed E-state index contributed by atoms with van der Waals surface area (Å²) < 4.78 is 5.64. The maximum atomic E-state index is 12.1. The third-order valence-corrected chi connectivity index (χ3v) is 3.67. The van der Waals surface area contributed by atoms with Crippen LogP contribution in [-0.4, -0.2) is 104 Å². The molecular formula is C19H33BrN2O10+2. The Hall–Kier alpha value is -2.29. The molecule has 1 atom stereocenters. The van der Waals surface area contributed by atoms with Gasteiger partial charge in [0.15, 0.2) is 12.6 Å². The van der Waals surface area contributed by atoms with E-state index in [4.69, 9.17) is 29.5 Å². The molecule has 0 amide bonds. The van der Waals surface area contributed by atoms with Crippen LogP contribution in [-0.2, 0) is 28.8 Å². The predicted octanol–water partition coefficient (Wildman–Crippen LogP) is 1.25. The van der Waals surface area contributed by atoms with Crippen LogP contribution < -0.4 is 0 Å². The van der Waals surface area contributed by atoms with Crippen LogP contribution in [0.15, 0.2) is 24.3 Å². The minimum absolute atomic E-state index is 0. The zero-order chi connectivity index (χ0) is 24.2. The number of hydrogen-bond donors (Lipinski definition) is 3. The molecule has 0 saturated heterocycles. The monoisotopic (exact) mass is 528 g/mol. The van der Waals surface area contributed by atoms with Crippen LogP contribution in [0.1, 0.15) is 16.8 Å². The molecule has 0 aliphatic carbocycles. The second kappa shape index (κ2) is 14.7. The molecule has 32 heavy (non-hydrogen) atoms. The van der Waals surface area contributed by atoms with Crippen molar-refractivity contribution >= 4 is 34.9 Å². The van der Waals surface area contributed by atoms with Gasteiger partial charge in [-0.05, 0) is 12.1 Å². The number of rotatable bonds is 11. The summed E-state index contributed by atoms with van der Waals surface area (Å²) in [6.07, 6.45) is -1.60. The summed E-state index contributed by atoms with van der Waals surface area (Å²) in [5, 5.41) is 26.9. The van der Waals surface area contributed by atoms with Crippen molar-refractivity contribution in [1.29, 1.82) is 0 Å². The molecule has 0 heterocycles. The van der Waals surface area contributed by atoms with Gasteiger partial charge in [0, 0.05) is 0 Å². The first-order valence-electron chi connectivity index (χ1n) is 9.07. The second-order valence-electron chi connectivity index (χ2n) is 7.33. The Bertz CT molecular complexity index is 727. The van der Waals surface area contributed by atoms with Crippen LogP contribution in [0.4, 0.5) is 0 Å². The lowest BCUT2D eigenvalue weighted by Crippen LogP contribution is -2.50. The number of nitrogens with zero attached hydrogens (tertiary/aromatic N) is 2. The lowest BCUT2D eigenvalue weighted by molar-refractivity contribution is -1.36. The first-order chi connectivity index (χ1) is 14.3. The number of esters is 1. The van der Waals surface area contributed by atoms with Crippen molar-refractivity contribution in [3.05, 3.63) is 29.8 Å². The van der Waals surface area contributed by atoms with Gasteiger partial charge < -0.3 is 24.5 Å². The van der Waals surface area contributed by atoms with Crippen molar-refractivity contribution in [3.8, 4) is 5.75 Å². The van der Waals surface area contributed by atoms with Gasteiger partial charge in [0.25, 0.3) is 0 Å². The Balaban J connectivity index is 0. The van der Waals surface area contributed by atoms with Gasteiger partial charge in [-0.3, -0.25) is 4.79 Å². The Morgan fingerprint density at radius 1 is 0.938 bits per heavy atom. The predicted molar refractivity (Wildman–Crippen MR) is 117 cm³/mol. The van der Waals surface area contributed by atoms with E-state index in [1.807, 2.05) is 21.1 Å². The molecule has 0 bridgehead atoms. The van der Waals surface area contributed by atoms with E-state index in [0.29, 0.717) is 4.48 Å². The molecule has 0 spiro atoms. The molecule has 12 nitrogen and oxygen atoms in total. The normalized spacial score (nSPS) is 11.9. The maximum Gasteiger partial charge on any atom is 0.359 e. The molecule has 0 saturated carbocycles. The van der Waals surface area contributed by atoms with Gasteiger partial charge in [0.1, 0.15) is 32.6 Å². The van der Waals surface area contributed by atoms with Crippen molar-refractivity contribution in [1.82, 2.24) is 0 Å². The number of quaternary nitrogens is 2. The Morgan fingerprint density at radius 3 is 1.78 bits per heavy atom. The maximum absolute atomic E-state index is 12.1. The van der Waals surface area contributed by atoms with Crippen LogP contribution in [0.3, 0.4) is 0 Å². The van der Waals surface area contributed by atoms with Gasteiger partial charge in [-0.25, -0.2) is 9.59 Å². The lowest BCUT2D eigenvalue weighted by atomic mass is 10.2. The minimum atomic E-state index is -1.18. The van der Waals surface area contributed by atoms with Gasteiger partial charge in [-0.2, -0.15) is 0 Å². The van der Waals surface area contributed by atoms with Crippen molar-refractivity contribution in [2.24, 2.45) is 0 Å². The molecule has 13 heteroatoms. The molecule has 1 aromatic carbocycles. The van der Waals surface area contributed by atoms with Gasteiger partial charge in [0.05, 0.1) is 32.5 Å². The van der Waals surface area contributed by atoms with Crippen LogP contribution in [0.5, 0.6) is 5.75 Å². The van der Waals surface area contributed by atoms with Crippen molar-refractivity contribution in [2.75, 3.05) is 55.6 Å². The molecule has 0 aromatic heterocycles. The number of carboxylic acids is 2. The molecule has 3 N–H and O–H groups in total. The summed E-state index contributed by atoms with van der Waals surface area (Å²) >= 11 is 0. The highest BCUT2D eigenvalue weighted by Gasteiger charge is 2.38. The van der Waals surface area contributed by atoms with Gasteiger partial charge >= 0.3 is 17.9 Å². The number of hydroxylamine groups is 3. The topological polar surface area (TPSA) is 149 Å². The number of ether oxygens (including phenoxy) is 1. The summed E-state index contributed by atoms with van der Waals surface area (Å²) in [4.78, 5) is 47.3. The molecule has 1 rings (SSSR count). The Morgan fingerprint density at radius 2 is 1.44 bits per heavy atom. The molecular weight excluding hydrogens is 496 g/mol. The quantitative estimate of drug-likeness (QED) is 0.217. The van der Waals surface area contributed by atoms with E-state index in [1.165, 1.54) is 33.5 Å². The van der Waals surface area contributed by atoms with E-state index in [1.54, 1.807) is 12.1 Å². The third-order valence-electron chi connectivity index (χ3n) is 3.67. The molecule has 0 aliphatic rings. The summed E-state index contributed by atoms with van der Waals surface area (Å²) in [5.74, 6) is -3.06. The van der Waals surface area contributed by atoms with Crippen LogP contribution in [0, 0.1) is 0 Å². The standard InChI is InChI=1S/C14H19NO8.C5H11NO2.BrH/c1-20-15(21-2,22-3)9-10(8-13(17)18)23-14(19)11-6-4-5-7-12(11)16;1-6(2,3)4-5(7)8;/h4-7,10H,8-9H2,1-3H3,(H-,16,17,18,19);4H2,1-3H3;1H/p+2. The summed E-state index contributed by atoms with van der Waals surface area (Å²) in [6, 6.07) is 5.77. The average Bonchev–Trinajstić information content (AvgIpc) is 2.64. The minimum Gasteiger partial charge on any atom is -0.507 e. The fourth-order valence-electron chi connectivity index (χ4n) is 2.30. The summed E-state index contributed by atoms with van der Waals surface area (Å²) in [5.41, 5.74) is -0.0757. The van der Waals surface area contributed by atoms with E-state index in [-0.39, 0.29) is 41.4 Å². The van der Waals surface area contributed by atoms with Crippen molar-refractivity contribution in [2.45, 2.75) is 12.5 Å². The van der Waals surface area contributed by atoms with E-state index in [9.17, 15) is 19.5 Å². The fraction of sp³-hybridized carbons (Fsp3) is 0.526. The second-order valence-corrected chi connectivity index (χ2v) is 7.33. The SMILES string of the molecule is Br.CO[N+](CC(CC(=O)O)OC(=O)c1ccccc1O)(OC)OC.C[N+](C)(C)CC(=O)O. The van der Waals surface area contributed by atoms with Crippen LogP contribution in [0.25, 0.3) is 0 Å². The van der Waals surface area contributed by atoms with Gasteiger partial charge in [-0.1, -0.05) is 12.1 Å². The lowest BCUT2D eigenvalue weighted by Gasteiger charge is -2.28. The Labute approximate surface area is 197 Å². The summed E-state index contributed by atoms with van der Waals surface area (Å²) in [7, 11) is 9.39.